The van der Waals surface area contributed by atoms with Crippen LogP contribution in [0.3, 0.4) is 0 Å². The number of furan rings is 1. The van der Waals surface area contributed by atoms with Crippen LogP contribution in [0.4, 0.5) is 17.1 Å². The standard InChI is InChI=1S/C61H43NO/c1-61(2)53-34-10-6-25-46(53)51-33-17-30-45(60(51)61)42-23-14-24-43(39-42)62(55-36-12-8-27-48(55)50-32-18-38-57-59(50)52-28-9-13-37-56(52)63-57)54-35-11-7-26-47(54)49-31-16-22-41-21-15-29-44(58(41)49)40-19-4-3-5-20-40/h3-39H,1-2H3. The zero-order chi connectivity index (χ0) is 42.1. The highest BCUT2D eigenvalue weighted by Crippen LogP contribution is 2.53. The van der Waals surface area contributed by atoms with Gasteiger partial charge in [0.05, 0.1) is 11.4 Å². The Balaban J connectivity index is 1.13. The molecular weight excluding hydrogens is 763 g/mol. The van der Waals surface area contributed by atoms with Gasteiger partial charge in [0.2, 0.25) is 0 Å². The fourth-order valence-corrected chi connectivity index (χ4v) is 10.5. The molecule has 0 saturated carbocycles. The second-order valence-corrected chi connectivity index (χ2v) is 17.2. The van der Waals surface area contributed by atoms with E-state index in [1.807, 2.05) is 6.07 Å². The molecule has 0 N–H and O–H groups in total. The van der Waals surface area contributed by atoms with Gasteiger partial charge in [0, 0.05) is 33.0 Å². The Kier molecular flexibility index (Phi) is 8.55. The fraction of sp³-hybridized carbons (Fsp3) is 0.0492. The van der Waals surface area contributed by atoms with E-state index in [4.69, 9.17) is 4.42 Å². The van der Waals surface area contributed by atoms with Crippen molar-refractivity contribution in [2.75, 3.05) is 4.90 Å². The number of rotatable bonds is 7. The lowest BCUT2D eigenvalue weighted by Crippen LogP contribution is -2.16. The van der Waals surface area contributed by atoms with E-state index in [2.05, 4.69) is 237 Å². The van der Waals surface area contributed by atoms with Crippen LogP contribution in [0.15, 0.2) is 229 Å². The van der Waals surface area contributed by atoms with Crippen LogP contribution in [-0.2, 0) is 5.41 Å². The molecule has 298 valence electrons. The average Bonchev–Trinajstić information content (AvgIpc) is 3.84. The Labute approximate surface area is 368 Å². The summed E-state index contributed by atoms with van der Waals surface area (Å²) >= 11 is 0. The molecule has 0 fully saturated rings. The van der Waals surface area contributed by atoms with Crippen molar-refractivity contribution in [1.82, 2.24) is 0 Å². The molecule has 0 unspecified atom stereocenters. The van der Waals surface area contributed by atoms with Crippen molar-refractivity contribution in [2.24, 2.45) is 0 Å². The van der Waals surface area contributed by atoms with E-state index in [1.165, 1.54) is 60.8 Å². The molecule has 12 rings (SSSR count). The van der Waals surface area contributed by atoms with Gasteiger partial charge < -0.3 is 9.32 Å². The van der Waals surface area contributed by atoms with Gasteiger partial charge in [-0.3, -0.25) is 0 Å². The van der Waals surface area contributed by atoms with Crippen LogP contribution in [0.25, 0.3) is 88.3 Å². The maximum absolute atomic E-state index is 6.48. The maximum atomic E-state index is 6.48. The highest BCUT2D eigenvalue weighted by molar-refractivity contribution is 6.14. The van der Waals surface area contributed by atoms with Crippen LogP contribution in [0, 0.1) is 0 Å². The third kappa shape index (κ3) is 5.86. The molecule has 2 nitrogen and oxygen atoms in total. The first kappa shape index (κ1) is 36.9. The minimum Gasteiger partial charge on any atom is -0.456 e. The summed E-state index contributed by atoms with van der Waals surface area (Å²) < 4.78 is 6.48. The predicted octanol–water partition coefficient (Wildman–Crippen LogP) is 17.2. The monoisotopic (exact) mass is 805 g/mol. The van der Waals surface area contributed by atoms with Gasteiger partial charge in [0.25, 0.3) is 0 Å². The van der Waals surface area contributed by atoms with E-state index in [0.717, 1.165) is 55.7 Å². The number of nitrogens with zero attached hydrogens (tertiary/aromatic N) is 1. The number of hydrogen-bond donors (Lipinski definition) is 0. The number of hydrogen-bond acceptors (Lipinski definition) is 2. The molecule has 0 amide bonds. The Hall–Kier alpha value is -7.94. The molecule has 2 heteroatoms. The van der Waals surface area contributed by atoms with Gasteiger partial charge in [-0.1, -0.05) is 202 Å². The van der Waals surface area contributed by atoms with Gasteiger partial charge in [-0.05, 0) is 103 Å². The first-order chi connectivity index (χ1) is 31.0. The molecule has 0 aliphatic heterocycles. The van der Waals surface area contributed by atoms with Crippen LogP contribution in [-0.4, -0.2) is 0 Å². The van der Waals surface area contributed by atoms with Gasteiger partial charge in [-0.25, -0.2) is 0 Å². The fourth-order valence-electron chi connectivity index (χ4n) is 10.5. The van der Waals surface area contributed by atoms with Gasteiger partial charge in [0.15, 0.2) is 0 Å². The predicted molar refractivity (Wildman–Crippen MR) is 265 cm³/mol. The summed E-state index contributed by atoms with van der Waals surface area (Å²) in [6.45, 7) is 4.75. The molecular formula is C61H43NO. The Morgan fingerprint density at radius 3 is 1.67 bits per heavy atom. The van der Waals surface area contributed by atoms with Crippen LogP contribution in [0.1, 0.15) is 25.0 Å². The van der Waals surface area contributed by atoms with Crippen molar-refractivity contribution in [1.29, 1.82) is 0 Å². The number of fused-ring (bicyclic) bond motifs is 7. The molecule has 1 aliphatic rings. The minimum absolute atomic E-state index is 0.158. The lowest BCUT2D eigenvalue weighted by Gasteiger charge is -2.31. The molecule has 63 heavy (non-hydrogen) atoms. The van der Waals surface area contributed by atoms with Crippen LogP contribution >= 0.6 is 0 Å². The first-order valence-electron chi connectivity index (χ1n) is 21.8. The number of para-hydroxylation sites is 3. The number of anilines is 3. The smallest absolute Gasteiger partial charge is 0.136 e. The minimum atomic E-state index is -0.158. The SMILES string of the molecule is CC1(C)c2ccccc2-c2cccc(-c3cccc(N(c4ccccc4-c4cccc5cccc(-c6ccccc6)c45)c4ccccc4-c4cccc5oc6ccccc6c45)c3)c21. The van der Waals surface area contributed by atoms with Crippen molar-refractivity contribution in [3.8, 4) is 55.6 Å². The van der Waals surface area contributed by atoms with E-state index in [9.17, 15) is 0 Å². The number of benzene rings is 10. The Morgan fingerprint density at radius 2 is 0.889 bits per heavy atom. The second-order valence-electron chi connectivity index (χ2n) is 17.2. The molecule has 0 atom stereocenters. The van der Waals surface area contributed by atoms with Crippen LogP contribution in [0.2, 0.25) is 0 Å². The first-order valence-corrected chi connectivity index (χ1v) is 21.8. The van der Waals surface area contributed by atoms with Crippen molar-refractivity contribution in [3.63, 3.8) is 0 Å². The summed E-state index contributed by atoms with van der Waals surface area (Å²) in [6.07, 6.45) is 0. The summed E-state index contributed by atoms with van der Waals surface area (Å²) in [5.41, 5.74) is 19.7. The topological polar surface area (TPSA) is 16.4 Å². The summed E-state index contributed by atoms with van der Waals surface area (Å²) in [4.78, 5) is 2.49. The van der Waals surface area contributed by atoms with Crippen molar-refractivity contribution in [3.05, 3.63) is 236 Å². The normalized spacial score (nSPS) is 12.7. The molecule has 1 aliphatic carbocycles. The molecule has 1 heterocycles. The average molecular weight is 806 g/mol. The lowest BCUT2D eigenvalue weighted by atomic mass is 9.79. The van der Waals surface area contributed by atoms with E-state index in [1.54, 1.807) is 0 Å². The zero-order valence-electron chi connectivity index (χ0n) is 35.2. The van der Waals surface area contributed by atoms with E-state index in [-0.39, 0.29) is 5.41 Å². The van der Waals surface area contributed by atoms with E-state index < -0.39 is 0 Å². The van der Waals surface area contributed by atoms with E-state index in [0.29, 0.717) is 0 Å². The van der Waals surface area contributed by atoms with Gasteiger partial charge in [-0.2, -0.15) is 0 Å². The zero-order valence-corrected chi connectivity index (χ0v) is 35.2. The molecule has 10 aromatic carbocycles. The Bertz CT molecular complexity index is 3550. The highest BCUT2D eigenvalue weighted by atomic mass is 16.3. The summed E-state index contributed by atoms with van der Waals surface area (Å²) in [5.74, 6) is 0. The van der Waals surface area contributed by atoms with Gasteiger partial charge in [0.1, 0.15) is 11.2 Å². The maximum Gasteiger partial charge on any atom is 0.136 e. The molecule has 11 aromatic rings. The van der Waals surface area contributed by atoms with Gasteiger partial charge >= 0.3 is 0 Å². The second kappa shape index (κ2) is 14.6. The van der Waals surface area contributed by atoms with Crippen molar-refractivity contribution in [2.45, 2.75) is 19.3 Å². The van der Waals surface area contributed by atoms with Gasteiger partial charge in [-0.15, -0.1) is 0 Å². The highest BCUT2D eigenvalue weighted by Gasteiger charge is 2.37. The van der Waals surface area contributed by atoms with Crippen molar-refractivity contribution >= 4 is 49.8 Å². The largest absolute Gasteiger partial charge is 0.456 e. The summed E-state index contributed by atoms with van der Waals surface area (Å²) in [5, 5.41) is 4.66. The molecule has 0 radical (unpaired) electrons. The Morgan fingerprint density at radius 1 is 0.365 bits per heavy atom. The molecule has 0 bridgehead atoms. The molecule has 1 aromatic heterocycles. The molecule has 0 spiro atoms. The third-order valence-electron chi connectivity index (χ3n) is 13.3. The quantitative estimate of drug-likeness (QED) is 0.160. The summed E-state index contributed by atoms with van der Waals surface area (Å²) in [6, 6.07) is 81.7. The van der Waals surface area contributed by atoms with Crippen LogP contribution in [0.5, 0.6) is 0 Å². The third-order valence-corrected chi connectivity index (χ3v) is 13.3. The van der Waals surface area contributed by atoms with E-state index >= 15 is 0 Å². The van der Waals surface area contributed by atoms with Crippen molar-refractivity contribution < 1.29 is 4.42 Å². The summed E-state index contributed by atoms with van der Waals surface area (Å²) in [7, 11) is 0. The lowest BCUT2D eigenvalue weighted by molar-refractivity contribution is 0.662. The molecule has 0 saturated heterocycles. The van der Waals surface area contributed by atoms with Crippen LogP contribution < -0.4 is 4.90 Å².